The molecule has 0 aromatic heterocycles. The van der Waals surface area contributed by atoms with Gasteiger partial charge in [-0.1, -0.05) is 61.8 Å². The second-order valence-corrected chi connectivity index (χ2v) is 9.40. The molecule has 0 saturated carbocycles. The highest BCUT2D eigenvalue weighted by molar-refractivity contribution is 5.77. The maximum Gasteiger partial charge on any atom is 0.192 e. The van der Waals surface area contributed by atoms with E-state index in [0.717, 1.165) is 81.3 Å². The van der Waals surface area contributed by atoms with Gasteiger partial charge >= 0.3 is 0 Å². The van der Waals surface area contributed by atoms with Crippen molar-refractivity contribution in [2.24, 2.45) is 0 Å². The number of carbonyl (C=O) groups is 2. The van der Waals surface area contributed by atoms with Crippen LogP contribution in [-0.2, 0) is 11.2 Å². The van der Waals surface area contributed by atoms with Crippen LogP contribution in [0.5, 0.6) is 11.5 Å². The zero-order chi connectivity index (χ0) is 34.4. The van der Waals surface area contributed by atoms with Gasteiger partial charge in [-0.2, -0.15) is 0 Å². The lowest BCUT2D eigenvalue weighted by Crippen LogP contribution is -2.36. The van der Waals surface area contributed by atoms with Gasteiger partial charge in [-0.15, -0.1) is 31.1 Å². The van der Waals surface area contributed by atoms with Crippen molar-refractivity contribution in [1.82, 2.24) is 5.32 Å². The van der Waals surface area contributed by atoms with Gasteiger partial charge in [-0.05, 0) is 83.9 Å². The van der Waals surface area contributed by atoms with Crippen LogP contribution in [-0.4, -0.2) is 37.9 Å². The molecule has 0 fully saturated rings. The monoisotopic (exact) mass is 599 g/mol. The van der Waals surface area contributed by atoms with Crippen LogP contribution in [0.2, 0.25) is 0 Å². The molecular weight excluding hydrogens is 534 g/mol. The fourth-order valence-corrected chi connectivity index (χ4v) is 2.96. The quantitative estimate of drug-likeness (QED) is 0.124. The normalized spacial score (nSPS) is 8.74. The second-order valence-electron chi connectivity index (χ2n) is 9.40. The topological polar surface area (TPSA) is 64.6 Å². The zero-order valence-corrected chi connectivity index (χ0v) is 29.7. The van der Waals surface area contributed by atoms with Crippen molar-refractivity contribution < 1.29 is 19.1 Å². The Hall–Kier alpha value is -3.20. The Bertz CT molecular complexity index is 819. The van der Waals surface area contributed by atoms with Gasteiger partial charge in [0.15, 0.2) is 6.29 Å². The standard InChI is InChI=1S/C26H37NO3.C3H2O.C3H8.3C2H6/c1-6-8-10-12-17-29-24-19-22(21-28)20-25(30-18-13-11-9-7-2)23(24)15-14-16-27-26(3,4)5;1-2-3-4;1-3-2;3*1-2/h1-2,19-21,27H,8-18H2,3-5H3;1,3H;3H2,1-2H3;3*1-2H3. The van der Waals surface area contributed by atoms with E-state index in [0.29, 0.717) is 25.1 Å². The van der Waals surface area contributed by atoms with E-state index >= 15 is 0 Å². The number of ether oxygens (including phenoxy) is 2. The number of benzene rings is 1. The van der Waals surface area contributed by atoms with E-state index in [1.165, 1.54) is 6.42 Å². The van der Waals surface area contributed by atoms with Crippen LogP contribution in [0.15, 0.2) is 12.1 Å². The molecule has 0 aliphatic carbocycles. The number of hydrogen-bond acceptors (Lipinski definition) is 5. The molecule has 0 aliphatic rings. The molecule has 0 aliphatic heterocycles. The van der Waals surface area contributed by atoms with Crippen LogP contribution in [0.3, 0.4) is 0 Å². The fourth-order valence-electron chi connectivity index (χ4n) is 2.96. The van der Waals surface area contributed by atoms with Crippen molar-refractivity contribution >= 4 is 12.6 Å². The number of rotatable bonds is 15. The van der Waals surface area contributed by atoms with Crippen LogP contribution < -0.4 is 14.8 Å². The number of unbranched alkanes of at least 4 members (excludes halogenated alkanes) is 4. The van der Waals surface area contributed by atoms with Crippen molar-refractivity contribution in [2.75, 3.05) is 19.8 Å². The van der Waals surface area contributed by atoms with Gasteiger partial charge in [-0.25, -0.2) is 0 Å². The van der Waals surface area contributed by atoms with Crippen LogP contribution in [0, 0.1) is 37.0 Å². The number of hydrogen-bond donors (Lipinski definition) is 1. The first kappa shape index (κ1) is 49.5. The summed E-state index contributed by atoms with van der Waals surface area (Å²) in [6.45, 7) is 24.7. The molecule has 1 rings (SSSR count). The smallest absolute Gasteiger partial charge is 0.192 e. The first-order chi connectivity index (χ1) is 20.7. The minimum atomic E-state index is 0.0775. The maximum absolute atomic E-state index is 11.5. The van der Waals surface area contributed by atoms with Crippen molar-refractivity contribution in [3.8, 4) is 48.5 Å². The molecule has 0 amide bonds. The molecule has 5 heteroatoms. The zero-order valence-electron chi connectivity index (χ0n) is 29.7. The molecule has 0 spiro atoms. The number of terminal acetylenes is 3. The molecule has 1 aromatic carbocycles. The molecule has 5 nitrogen and oxygen atoms in total. The Balaban J connectivity index is -0.000000318. The first-order valence-electron chi connectivity index (χ1n) is 16.1. The Morgan fingerprint density at radius 1 is 0.767 bits per heavy atom. The highest BCUT2D eigenvalue weighted by atomic mass is 16.5. The van der Waals surface area contributed by atoms with Crippen molar-refractivity contribution in [3.05, 3.63) is 23.3 Å². The number of nitrogens with one attached hydrogen (secondary N) is 1. The van der Waals surface area contributed by atoms with Crippen molar-refractivity contribution in [1.29, 1.82) is 0 Å². The Morgan fingerprint density at radius 3 is 1.47 bits per heavy atom. The molecule has 0 unspecified atom stereocenters. The fraction of sp³-hybridized carbons (Fsp3) is 0.632. The molecule has 246 valence electrons. The molecule has 1 N–H and O–H groups in total. The highest BCUT2D eigenvalue weighted by Crippen LogP contribution is 2.32. The van der Waals surface area contributed by atoms with Crippen molar-refractivity contribution in [3.63, 3.8) is 0 Å². The highest BCUT2D eigenvalue weighted by Gasteiger charge is 2.15. The number of carbonyl (C=O) groups excluding carboxylic acids is 2. The third-order valence-corrected chi connectivity index (χ3v) is 4.60. The maximum atomic E-state index is 11.5. The van der Waals surface area contributed by atoms with Crippen molar-refractivity contribution in [2.45, 2.75) is 139 Å². The van der Waals surface area contributed by atoms with Gasteiger partial charge < -0.3 is 14.8 Å². The third-order valence-electron chi connectivity index (χ3n) is 4.60. The Labute approximate surface area is 267 Å². The van der Waals surface area contributed by atoms with E-state index in [-0.39, 0.29) is 5.54 Å². The predicted octanol–water partition coefficient (Wildman–Crippen LogP) is 9.50. The molecule has 0 atom stereocenters. The van der Waals surface area contributed by atoms with Gasteiger partial charge in [0.25, 0.3) is 0 Å². The molecule has 1 aromatic rings. The summed E-state index contributed by atoms with van der Waals surface area (Å²) >= 11 is 0. The molecule has 0 heterocycles. The average molecular weight is 600 g/mol. The summed E-state index contributed by atoms with van der Waals surface area (Å²) in [4.78, 5) is 20.4. The van der Waals surface area contributed by atoms with Gasteiger partial charge in [0.05, 0.1) is 13.2 Å². The number of aldehydes is 2. The van der Waals surface area contributed by atoms with Crippen LogP contribution >= 0.6 is 0 Å². The van der Waals surface area contributed by atoms with Gasteiger partial charge in [0, 0.05) is 29.5 Å². The van der Waals surface area contributed by atoms with E-state index < -0.39 is 0 Å². The minimum absolute atomic E-state index is 0.0775. The minimum Gasteiger partial charge on any atom is -0.493 e. The Kier molecular flexibility index (Phi) is 47.1. The molecule has 0 radical (unpaired) electrons. The van der Waals surface area contributed by atoms with E-state index in [1.54, 1.807) is 5.92 Å². The van der Waals surface area contributed by atoms with Gasteiger partial charge in [-0.3, -0.25) is 9.59 Å². The lowest BCUT2D eigenvalue weighted by Gasteiger charge is -2.21. The molecule has 0 saturated heterocycles. The molecule has 0 bridgehead atoms. The van der Waals surface area contributed by atoms with Gasteiger partial charge in [0.1, 0.15) is 17.8 Å². The lowest BCUT2D eigenvalue weighted by atomic mass is 10.0. The average Bonchev–Trinajstić information content (AvgIpc) is 3.02. The van der Waals surface area contributed by atoms with E-state index in [4.69, 9.17) is 27.1 Å². The van der Waals surface area contributed by atoms with E-state index in [9.17, 15) is 4.79 Å². The summed E-state index contributed by atoms with van der Waals surface area (Å²) in [5, 5.41) is 3.51. The first-order valence-corrected chi connectivity index (χ1v) is 16.1. The Morgan fingerprint density at radius 2 is 1.16 bits per heavy atom. The SMILES string of the molecule is C#CC=O.C#CCCCCOc1cc(C=O)cc(OCCCCC#C)c1CCCNC(C)(C)C.CC.CC.CC.CCC. The summed E-state index contributed by atoms with van der Waals surface area (Å²) in [5.74, 6) is 8.51. The third kappa shape index (κ3) is 36.8. The summed E-state index contributed by atoms with van der Waals surface area (Å²) in [6, 6.07) is 3.62. The molecular formula is C38H65NO4. The van der Waals surface area contributed by atoms with E-state index in [2.05, 4.69) is 58.2 Å². The lowest BCUT2D eigenvalue weighted by molar-refractivity contribution is -0.103. The summed E-state index contributed by atoms with van der Waals surface area (Å²) in [5.41, 5.74) is 1.66. The van der Waals surface area contributed by atoms with Crippen LogP contribution in [0.4, 0.5) is 0 Å². The largest absolute Gasteiger partial charge is 0.493 e. The second kappa shape index (κ2) is 40.9. The van der Waals surface area contributed by atoms with Crippen LogP contribution in [0.1, 0.15) is 143 Å². The van der Waals surface area contributed by atoms with Gasteiger partial charge in [0.2, 0.25) is 0 Å². The van der Waals surface area contributed by atoms with Crippen LogP contribution in [0.25, 0.3) is 0 Å². The summed E-state index contributed by atoms with van der Waals surface area (Å²) in [7, 11) is 0. The molecule has 43 heavy (non-hydrogen) atoms. The predicted molar refractivity (Wildman–Crippen MR) is 189 cm³/mol. The van der Waals surface area contributed by atoms with E-state index in [1.807, 2.05) is 53.7 Å². The summed E-state index contributed by atoms with van der Waals surface area (Å²) in [6.07, 6.45) is 24.4. The summed E-state index contributed by atoms with van der Waals surface area (Å²) < 4.78 is 12.1.